The number of hydrogen-bond acceptors (Lipinski definition) is 2. The minimum absolute atomic E-state index is 0.431. The first-order valence-corrected chi connectivity index (χ1v) is 7.31. The predicted octanol–water partition coefficient (Wildman–Crippen LogP) is 3.26. The Bertz CT molecular complexity index is 602. The number of amides is 2. The van der Waals surface area contributed by atoms with Crippen molar-refractivity contribution in [3.8, 4) is 0 Å². The van der Waals surface area contributed by atoms with Crippen LogP contribution in [0.4, 0.5) is 10.5 Å². The molecule has 0 fully saturated rings. The van der Waals surface area contributed by atoms with Gasteiger partial charge in [0.15, 0.2) is 4.90 Å². The van der Waals surface area contributed by atoms with Crippen LogP contribution in [0.15, 0.2) is 53.4 Å². The number of anilines is 1. The molecular weight excluding hydrogens is 296 g/mol. The van der Waals surface area contributed by atoms with Crippen molar-refractivity contribution in [2.75, 3.05) is 4.31 Å². The Morgan fingerprint density at radius 2 is 1.70 bits per heavy atom. The molecule has 0 spiro atoms. The number of aryl methyl sites for hydroxylation is 1. The molecule has 1 unspecified atom stereocenters. The summed E-state index contributed by atoms with van der Waals surface area (Å²) in [5.41, 5.74) is 6.81. The molecule has 1 atom stereocenters. The van der Waals surface area contributed by atoms with E-state index in [1.807, 2.05) is 19.1 Å². The van der Waals surface area contributed by atoms with Crippen molar-refractivity contribution in [2.45, 2.75) is 11.8 Å². The zero-order chi connectivity index (χ0) is 14.7. The molecule has 2 aromatic rings. The van der Waals surface area contributed by atoms with Crippen molar-refractivity contribution < 1.29 is 9.35 Å². The van der Waals surface area contributed by atoms with E-state index < -0.39 is 17.4 Å². The molecule has 0 aliphatic carbocycles. The number of carbonyl (C=O) groups is 1. The molecule has 0 aromatic heterocycles. The third-order valence-corrected chi connectivity index (χ3v) is 4.30. The summed E-state index contributed by atoms with van der Waals surface area (Å²) in [6.45, 7) is 1.93. The Labute approximate surface area is 125 Å². The van der Waals surface area contributed by atoms with Crippen molar-refractivity contribution in [1.29, 1.82) is 0 Å². The fourth-order valence-electron chi connectivity index (χ4n) is 1.64. The smallest absolute Gasteiger partial charge is 0.361 e. The number of benzene rings is 2. The third kappa shape index (κ3) is 3.25. The molecule has 2 N–H and O–H groups in total. The Balaban J connectivity index is 2.35. The second-order valence-electron chi connectivity index (χ2n) is 4.17. The number of rotatable bonds is 3. The summed E-state index contributed by atoms with van der Waals surface area (Å²) in [6.07, 6.45) is 0. The first-order valence-electron chi connectivity index (χ1n) is 5.83. The van der Waals surface area contributed by atoms with Gasteiger partial charge in [-0.3, -0.25) is 0 Å². The van der Waals surface area contributed by atoms with Crippen molar-refractivity contribution in [3.05, 3.63) is 59.1 Å². The van der Waals surface area contributed by atoms with Gasteiger partial charge in [-0.15, -0.1) is 4.31 Å². The minimum Gasteiger partial charge on any atom is -0.587 e. The highest BCUT2D eigenvalue weighted by Gasteiger charge is 2.28. The highest BCUT2D eigenvalue weighted by molar-refractivity contribution is 7.93. The molecular formula is C14H13ClN2O2S. The van der Waals surface area contributed by atoms with E-state index in [0.29, 0.717) is 15.6 Å². The molecule has 4 nitrogen and oxygen atoms in total. The van der Waals surface area contributed by atoms with Crippen LogP contribution in [-0.2, 0) is 11.4 Å². The lowest BCUT2D eigenvalue weighted by molar-refractivity contribution is 0.257. The van der Waals surface area contributed by atoms with Gasteiger partial charge in [0.2, 0.25) is 0 Å². The zero-order valence-electron chi connectivity index (χ0n) is 10.7. The second-order valence-corrected chi connectivity index (χ2v) is 5.94. The van der Waals surface area contributed by atoms with Gasteiger partial charge in [0.25, 0.3) is 0 Å². The van der Waals surface area contributed by atoms with Crippen LogP contribution in [0.1, 0.15) is 5.56 Å². The monoisotopic (exact) mass is 308 g/mol. The lowest BCUT2D eigenvalue weighted by atomic mass is 10.2. The lowest BCUT2D eigenvalue weighted by Crippen LogP contribution is -2.40. The SMILES string of the molecule is Cc1ccc([S+]([O-])N(C(N)=O)c2ccc(Cl)cc2)cc1. The van der Waals surface area contributed by atoms with Gasteiger partial charge in [-0.05, 0) is 43.3 Å². The minimum atomic E-state index is -1.70. The summed E-state index contributed by atoms with van der Waals surface area (Å²) in [7, 11) is 0. The van der Waals surface area contributed by atoms with E-state index >= 15 is 0 Å². The summed E-state index contributed by atoms with van der Waals surface area (Å²) in [5, 5.41) is 0.527. The van der Waals surface area contributed by atoms with Crippen molar-refractivity contribution >= 4 is 34.7 Å². The van der Waals surface area contributed by atoms with Crippen molar-refractivity contribution in [1.82, 2.24) is 0 Å². The largest absolute Gasteiger partial charge is 0.587 e. The molecule has 104 valence electrons. The number of nitrogens with two attached hydrogens (primary N) is 1. The predicted molar refractivity (Wildman–Crippen MR) is 81.1 cm³/mol. The van der Waals surface area contributed by atoms with Crippen LogP contribution >= 0.6 is 11.6 Å². The maximum atomic E-state index is 12.5. The summed E-state index contributed by atoms with van der Waals surface area (Å²) < 4.78 is 13.5. The Morgan fingerprint density at radius 1 is 1.15 bits per heavy atom. The molecule has 0 radical (unpaired) electrons. The molecule has 0 saturated heterocycles. The van der Waals surface area contributed by atoms with Gasteiger partial charge in [-0.2, -0.15) is 0 Å². The molecule has 0 aliphatic rings. The van der Waals surface area contributed by atoms with Crippen LogP contribution < -0.4 is 10.0 Å². The molecule has 0 heterocycles. The summed E-state index contributed by atoms with van der Waals surface area (Å²) in [5.74, 6) is 0. The maximum absolute atomic E-state index is 12.5. The fourth-order valence-corrected chi connectivity index (χ4v) is 2.82. The van der Waals surface area contributed by atoms with Gasteiger partial charge >= 0.3 is 6.03 Å². The van der Waals surface area contributed by atoms with Gasteiger partial charge in [-0.25, -0.2) is 4.79 Å². The van der Waals surface area contributed by atoms with Crippen LogP contribution in [-0.4, -0.2) is 10.6 Å². The molecule has 2 amide bonds. The molecule has 2 aromatic carbocycles. The quantitative estimate of drug-likeness (QED) is 0.884. The Hall–Kier alpha value is -1.69. The Kier molecular flexibility index (Phi) is 4.54. The maximum Gasteiger partial charge on any atom is 0.361 e. The highest BCUT2D eigenvalue weighted by Crippen LogP contribution is 2.25. The molecule has 20 heavy (non-hydrogen) atoms. The van der Waals surface area contributed by atoms with Crippen LogP contribution in [0.3, 0.4) is 0 Å². The summed E-state index contributed by atoms with van der Waals surface area (Å²) in [6, 6.07) is 12.7. The molecule has 0 saturated carbocycles. The first kappa shape index (κ1) is 14.7. The lowest BCUT2D eigenvalue weighted by Gasteiger charge is -2.22. The normalized spacial score (nSPS) is 11.9. The van der Waals surface area contributed by atoms with Crippen molar-refractivity contribution in [2.24, 2.45) is 5.73 Å². The number of halogens is 1. The summed E-state index contributed by atoms with van der Waals surface area (Å²) >= 11 is 4.10. The average Bonchev–Trinajstić information content (AvgIpc) is 2.41. The standard InChI is InChI=1S/C14H13ClN2O2S/c1-10-2-8-13(9-3-10)20(19)17(14(16)18)12-6-4-11(15)5-7-12/h2-9H,1H3,(H2,16,18). The number of carbonyl (C=O) groups excluding carboxylic acids is 1. The molecule has 2 rings (SSSR count). The van der Waals surface area contributed by atoms with E-state index in [1.165, 1.54) is 0 Å². The van der Waals surface area contributed by atoms with E-state index in [0.717, 1.165) is 9.87 Å². The van der Waals surface area contributed by atoms with Gasteiger partial charge in [0, 0.05) is 5.02 Å². The first-order chi connectivity index (χ1) is 9.49. The van der Waals surface area contributed by atoms with E-state index in [-0.39, 0.29) is 0 Å². The van der Waals surface area contributed by atoms with E-state index in [1.54, 1.807) is 36.4 Å². The van der Waals surface area contributed by atoms with E-state index in [4.69, 9.17) is 17.3 Å². The van der Waals surface area contributed by atoms with Crippen LogP contribution in [0.2, 0.25) is 5.02 Å². The van der Waals surface area contributed by atoms with Crippen LogP contribution in [0, 0.1) is 6.92 Å². The molecule has 0 aliphatic heterocycles. The van der Waals surface area contributed by atoms with Crippen LogP contribution in [0.5, 0.6) is 0 Å². The topological polar surface area (TPSA) is 69.4 Å². The molecule has 0 bridgehead atoms. The van der Waals surface area contributed by atoms with E-state index in [2.05, 4.69) is 0 Å². The summed E-state index contributed by atoms with van der Waals surface area (Å²) in [4.78, 5) is 12.1. The van der Waals surface area contributed by atoms with Gasteiger partial charge in [0.05, 0.1) is 5.69 Å². The van der Waals surface area contributed by atoms with Gasteiger partial charge < -0.3 is 10.3 Å². The average molecular weight is 309 g/mol. The van der Waals surface area contributed by atoms with Crippen LogP contribution in [0.25, 0.3) is 0 Å². The fraction of sp³-hybridized carbons (Fsp3) is 0.0714. The number of nitrogens with zero attached hydrogens (tertiary/aromatic N) is 1. The second kappa shape index (κ2) is 6.17. The highest BCUT2D eigenvalue weighted by atomic mass is 35.5. The Morgan fingerprint density at radius 3 is 2.20 bits per heavy atom. The molecule has 6 heteroatoms. The van der Waals surface area contributed by atoms with Gasteiger partial charge in [-0.1, -0.05) is 29.3 Å². The number of hydrogen-bond donors (Lipinski definition) is 1. The third-order valence-electron chi connectivity index (χ3n) is 2.65. The number of primary amides is 1. The number of urea groups is 1. The van der Waals surface area contributed by atoms with Gasteiger partial charge in [0.1, 0.15) is 11.4 Å². The van der Waals surface area contributed by atoms with Crippen molar-refractivity contribution in [3.63, 3.8) is 0 Å². The zero-order valence-corrected chi connectivity index (χ0v) is 12.3. The van der Waals surface area contributed by atoms with E-state index in [9.17, 15) is 9.35 Å².